The lowest BCUT2D eigenvalue weighted by Crippen LogP contribution is -2.31. The molecule has 0 aliphatic rings. The van der Waals surface area contributed by atoms with Crippen LogP contribution in [0.2, 0.25) is 0 Å². The molecule has 110 valence electrons. The number of benzene rings is 2. The van der Waals surface area contributed by atoms with E-state index in [0.29, 0.717) is 12.2 Å². The summed E-state index contributed by atoms with van der Waals surface area (Å²) in [6.07, 6.45) is 0.748. The molecule has 0 radical (unpaired) electrons. The summed E-state index contributed by atoms with van der Waals surface area (Å²) in [6.45, 7) is 0.544. The average molecular weight is 290 g/mol. The number of nitrogens with one attached hydrogen (secondary N) is 2. The van der Waals surface area contributed by atoms with Crippen LogP contribution in [0.25, 0.3) is 0 Å². The molecule has 2 N–H and O–H groups in total. The van der Waals surface area contributed by atoms with E-state index < -0.39 is 11.6 Å². The van der Waals surface area contributed by atoms with E-state index in [0.717, 1.165) is 24.1 Å². The Morgan fingerprint density at radius 3 is 2.48 bits per heavy atom. The van der Waals surface area contributed by atoms with Gasteiger partial charge in [-0.2, -0.15) is 0 Å². The highest BCUT2D eigenvalue weighted by atomic mass is 19.2. The zero-order valence-electron chi connectivity index (χ0n) is 11.4. The number of anilines is 1. The van der Waals surface area contributed by atoms with Gasteiger partial charge < -0.3 is 10.6 Å². The fourth-order valence-electron chi connectivity index (χ4n) is 1.84. The Hall–Kier alpha value is -2.43. The molecule has 0 unspecified atom stereocenters. The van der Waals surface area contributed by atoms with E-state index in [2.05, 4.69) is 10.6 Å². The summed E-state index contributed by atoms with van der Waals surface area (Å²) in [5.74, 6) is -2.05. The van der Waals surface area contributed by atoms with Crippen LogP contribution in [-0.4, -0.2) is 19.0 Å². The molecule has 1 amide bonds. The van der Waals surface area contributed by atoms with Crippen molar-refractivity contribution in [2.24, 2.45) is 0 Å². The third-order valence-corrected chi connectivity index (χ3v) is 2.95. The van der Waals surface area contributed by atoms with Crippen LogP contribution in [0.1, 0.15) is 5.56 Å². The molecule has 0 aliphatic heterocycles. The summed E-state index contributed by atoms with van der Waals surface area (Å²) >= 11 is 0. The van der Waals surface area contributed by atoms with E-state index in [1.165, 1.54) is 6.07 Å². The van der Waals surface area contributed by atoms with Gasteiger partial charge in [0.05, 0.1) is 6.54 Å². The predicted molar refractivity (Wildman–Crippen MR) is 78.0 cm³/mol. The van der Waals surface area contributed by atoms with Gasteiger partial charge in [0.25, 0.3) is 0 Å². The highest BCUT2D eigenvalue weighted by molar-refractivity contribution is 5.80. The molecule has 2 aromatic carbocycles. The molecule has 0 spiro atoms. The number of halogens is 2. The van der Waals surface area contributed by atoms with Crippen LogP contribution in [-0.2, 0) is 11.2 Å². The van der Waals surface area contributed by atoms with Crippen LogP contribution in [0.4, 0.5) is 14.5 Å². The van der Waals surface area contributed by atoms with Gasteiger partial charge in [0, 0.05) is 18.3 Å². The van der Waals surface area contributed by atoms with Crippen molar-refractivity contribution in [3.63, 3.8) is 0 Å². The van der Waals surface area contributed by atoms with Crippen molar-refractivity contribution in [3.05, 3.63) is 65.7 Å². The molecule has 0 aromatic heterocycles. The first-order valence-corrected chi connectivity index (χ1v) is 6.65. The number of carbonyl (C=O) groups excluding carboxylic acids is 1. The van der Waals surface area contributed by atoms with Crippen molar-refractivity contribution in [2.45, 2.75) is 6.42 Å². The fraction of sp³-hybridized carbons (Fsp3) is 0.188. The van der Waals surface area contributed by atoms with E-state index in [1.807, 2.05) is 30.3 Å². The Labute approximate surface area is 122 Å². The fourth-order valence-corrected chi connectivity index (χ4v) is 1.84. The number of carbonyl (C=O) groups is 1. The number of hydrogen-bond acceptors (Lipinski definition) is 2. The minimum atomic E-state index is -0.940. The Bertz CT molecular complexity index is 602. The minimum absolute atomic E-state index is 0.0138. The van der Waals surface area contributed by atoms with Crippen LogP contribution in [0.3, 0.4) is 0 Å². The standard InChI is InChI=1S/C16H16F2N2O/c17-14-7-6-13(10-15(14)18)20-11-16(21)19-9-8-12-4-2-1-3-5-12/h1-7,10,20H,8-9,11H2,(H,19,21). The lowest BCUT2D eigenvalue weighted by atomic mass is 10.1. The Morgan fingerprint density at radius 1 is 1.00 bits per heavy atom. The van der Waals surface area contributed by atoms with Crippen molar-refractivity contribution in [2.75, 3.05) is 18.4 Å². The van der Waals surface area contributed by atoms with Gasteiger partial charge in [-0.15, -0.1) is 0 Å². The smallest absolute Gasteiger partial charge is 0.239 e. The van der Waals surface area contributed by atoms with Crippen LogP contribution in [0.5, 0.6) is 0 Å². The van der Waals surface area contributed by atoms with Crippen LogP contribution in [0, 0.1) is 11.6 Å². The molecule has 3 nitrogen and oxygen atoms in total. The quantitative estimate of drug-likeness (QED) is 0.859. The van der Waals surface area contributed by atoms with E-state index in [1.54, 1.807) is 0 Å². The number of amides is 1. The van der Waals surface area contributed by atoms with Crippen LogP contribution in [0.15, 0.2) is 48.5 Å². The maximum atomic E-state index is 13.0. The molecule has 21 heavy (non-hydrogen) atoms. The third-order valence-electron chi connectivity index (χ3n) is 2.95. The Balaban J connectivity index is 1.71. The third kappa shape index (κ3) is 4.87. The monoisotopic (exact) mass is 290 g/mol. The Morgan fingerprint density at radius 2 is 1.76 bits per heavy atom. The molecular weight excluding hydrogens is 274 g/mol. The Kier molecular flexibility index (Phi) is 5.26. The molecule has 0 aliphatic carbocycles. The van der Waals surface area contributed by atoms with Gasteiger partial charge in [-0.25, -0.2) is 8.78 Å². The van der Waals surface area contributed by atoms with Gasteiger partial charge in [0.15, 0.2) is 11.6 Å². The summed E-state index contributed by atoms with van der Waals surface area (Å²) in [7, 11) is 0. The second kappa shape index (κ2) is 7.38. The molecule has 2 rings (SSSR count). The summed E-state index contributed by atoms with van der Waals surface area (Å²) in [6, 6.07) is 13.2. The van der Waals surface area contributed by atoms with Crippen molar-refractivity contribution in [1.82, 2.24) is 5.32 Å². The molecule has 0 saturated carbocycles. The normalized spacial score (nSPS) is 10.2. The SMILES string of the molecule is O=C(CNc1ccc(F)c(F)c1)NCCc1ccccc1. The largest absolute Gasteiger partial charge is 0.376 e. The summed E-state index contributed by atoms with van der Waals surface area (Å²) in [5, 5.41) is 5.50. The highest BCUT2D eigenvalue weighted by Crippen LogP contribution is 2.12. The van der Waals surface area contributed by atoms with E-state index in [9.17, 15) is 13.6 Å². The van der Waals surface area contributed by atoms with Gasteiger partial charge in [0.1, 0.15) is 0 Å². The molecule has 5 heteroatoms. The molecule has 2 aromatic rings. The molecule has 0 saturated heterocycles. The summed E-state index contributed by atoms with van der Waals surface area (Å²) in [5.41, 5.74) is 1.51. The maximum absolute atomic E-state index is 13.0. The molecular formula is C16H16F2N2O. The first-order valence-electron chi connectivity index (χ1n) is 6.65. The molecule has 0 atom stereocenters. The molecule has 0 fully saturated rings. The van der Waals surface area contributed by atoms with Gasteiger partial charge >= 0.3 is 0 Å². The van der Waals surface area contributed by atoms with Gasteiger partial charge in [0.2, 0.25) is 5.91 Å². The summed E-state index contributed by atoms with van der Waals surface area (Å²) < 4.78 is 25.7. The zero-order valence-corrected chi connectivity index (χ0v) is 11.4. The van der Waals surface area contributed by atoms with Gasteiger partial charge in [-0.05, 0) is 24.1 Å². The average Bonchev–Trinajstić information content (AvgIpc) is 2.49. The van der Waals surface area contributed by atoms with E-state index >= 15 is 0 Å². The highest BCUT2D eigenvalue weighted by Gasteiger charge is 2.04. The first kappa shape index (κ1) is 15.0. The van der Waals surface area contributed by atoms with E-state index in [-0.39, 0.29) is 12.5 Å². The molecule has 0 heterocycles. The lowest BCUT2D eigenvalue weighted by Gasteiger charge is -2.08. The van der Waals surface area contributed by atoms with E-state index in [4.69, 9.17) is 0 Å². The minimum Gasteiger partial charge on any atom is -0.376 e. The van der Waals surface area contributed by atoms with Crippen molar-refractivity contribution in [1.29, 1.82) is 0 Å². The van der Waals surface area contributed by atoms with Crippen molar-refractivity contribution >= 4 is 11.6 Å². The lowest BCUT2D eigenvalue weighted by molar-refractivity contribution is -0.119. The maximum Gasteiger partial charge on any atom is 0.239 e. The first-order chi connectivity index (χ1) is 10.1. The zero-order chi connectivity index (χ0) is 15.1. The number of hydrogen-bond donors (Lipinski definition) is 2. The van der Waals surface area contributed by atoms with Crippen LogP contribution >= 0.6 is 0 Å². The topological polar surface area (TPSA) is 41.1 Å². The second-order valence-corrected chi connectivity index (χ2v) is 4.57. The van der Waals surface area contributed by atoms with Gasteiger partial charge in [-0.3, -0.25) is 4.79 Å². The van der Waals surface area contributed by atoms with Gasteiger partial charge in [-0.1, -0.05) is 30.3 Å². The number of rotatable bonds is 6. The predicted octanol–water partition coefficient (Wildman–Crippen LogP) is 2.74. The van der Waals surface area contributed by atoms with Crippen LogP contribution < -0.4 is 10.6 Å². The molecule has 0 bridgehead atoms. The van der Waals surface area contributed by atoms with Crippen molar-refractivity contribution in [3.8, 4) is 0 Å². The van der Waals surface area contributed by atoms with Crippen molar-refractivity contribution < 1.29 is 13.6 Å². The summed E-state index contributed by atoms with van der Waals surface area (Å²) in [4.78, 5) is 11.6. The second-order valence-electron chi connectivity index (χ2n) is 4.57.